The Kier molecular flexibility index (Phi) is 3.57. The van der Waals surface area contributed by atoms with Crippen LogP contribution < -0.4 is 17.0 Å². The molecular formula is C16H14F2N4O. The summed E-state index contributed by atoms with van der Waals surface area (Å²) in [6, 6.07) is 7.05. The van der Waals surface area contributed by atoms with E-state index in [9.17, 15) is 13.6 Å². The van der Waals surface area contributed by atoms with Gasteiger partial charge in [-0.3, -0.25) is 9.36 Å². The fourth-order valence-corrected chi connectivity index (χ4v) is 2.50. The van der Waals surface area contributed by atoms with Crippen LogP contribution in [0.5, 0.6) is 0 Å². The number of nitrogens with two attached hydrogens (primary N) is 2. The molecule has 1 aromatic heterocycles. The molecule has 3 rings (SSSR count). The summed E-state index contributed by atoms with van der Waals surface area (Å²) in [5.74, 6) is -1.41. The van der Waals surface area contributed by atoms with Gasteiger partial charge in [-0.1, -0.05) is 6.07 Å². The number of halogens is 2. The second-order valence-corrected chi connectivity index (χ2v) is 5.27. The Morgan fingerprint density at radius 2 is 1.83 bits per heavy atom. The number of nitrogens with zero attached hydrogens (tertiary/aromatic N) is 2. The second-order valence-electron chi connectivity index (χ2n) is 5.27. The predicted octanol–water partition coefficient (Wildman–Crippen LogP) is 2.27. The van der Waals surface area contributed by atoms with Crippen LogP contribution in [-0.2, 0) is 0 Å². The monoisotopic (exact) mass is 316 g/mol. The molecule has 0 fully saturated rings. The highest BCUT2D eigenvalue weighted by Crippen LogP contribution is 2.21. The first kappa shape index (κ1) is 15.1. The van der Waals surface area contributed by atoms with E-state index < -0.39 is 23.2 Å². The van der Waals surface area contributed by atoms with E-state index in [1.165, 1.54) is 0 Å². The molecule has 1 heterocycles. The van der Waals surface area contributed by atoms with Crippen molar-refractivity contribution in [2.45, 2.75) is 13.0 Å². The van der Waals surface area contributed by atoms with Crippen LogP contribution in [0.4, 0.5) is 14.5 Å². The molecule has 0 radical (unpaired) electrons. The first-order chi connectivity index (χ1) is 10.9. The average Bonchev–Trinajstić information content (AvgIpc) is 2.45. The first-order valence-electron chi connectivity index (χ1n) is 6.91. The summed E-state index contributed by atoms with van der Waals surface area (Å²) < 4.78 is 28.2. The van der Waals surface area contributed by atoms with Gasteiger partial charge in [0.25, 0.3) is 5.56 Å². The lowest BCUT2D eigenvalue weighted by atomic mass is 10.1. The number of hydrogen-bond acceptors (Lipinski definition) is 4. The molecule has 4 N–H and O–H groups in total. The van der Waals surface area contributed by atoms with Gasteiger partial charge in [0.15, 0.2) is 0 Å². The maximum absolute atomic E-state index is 13.5. The predicted molar refractivity (Wildman–Crippen MR) is 84.3 cm³/mol. The van der Waals surface area contributed by atoms with E-state index in [1.807, 2.05) is 0 Å². The normalized spacial score (nSPS) is 12.5. The zero-order chi connectivity index (χ0) is 16.7. The minimum absolute atomic E-state index is 0.0115. The molecule has 0 aliphatic rings. The topological polar surface area (TPSA) is 86.9 Å². The molecule has 1 atom stereocenters. The highest BCUT2D eigenvalue weighted by Gasteiger charge is 2.18. The molecule has 0 spiro atoms. The van der Waals surface area contributed by atoms with Crippen molar-refractivity contribution in [3.63, 3.8) is 0 Å². The third-order valence-corrected chi connectivity index (χ3v) is 3.47. The Labute approximate surface area is 130 Å². The van der Waals surface area contributed by atoms with Crippen molar-refractivity contribution in [3.05, 3.63) is 64.2 Å². The highest BCUT2D eigenvalue weighted by atomic mass is 19.1. The minimum Gasteiger partial charge on any atom is -0.398 e. The molecule has 0 bridgehead atoms. The van der Waals surface area contributed by atoms with E-state index >= 15 is 0 Å². The highest BCUT2D eigenvalue weighted by molar-refractivity contribution is 5.89. The van der Waals surface area contributed by atoms with Gasteiger partial charge in [0.05, 0.1) is 22.6 Å². The summed E-state index contributed by atoms with van der Waals surface area (Å²) in [5.41, 5.74) is 11.9. The van der Waals surface area contributed by atoms with E-state index in [4.69, 9.17) is 11.5 Å². The number of aromatic nitrogens is 2. The quantitative estimate of drug-likeness (QED) is 0.710. The Morgan fingerprint density at radius 1 is 1.17 bits per heavy atom. The van der Waals surface area contributed by atoms with E-state index in [1.54, 1.807) is 25.1 Å². The number of rotatable bonds is 2. The van der Waals surface area contributed by atoms with Gasteiger partial charge in [-0.05, 0) is 31.2 Å². The number of anilines is 1. The lowest BCUT2D eigenvalue weighted by molar-refractivity contribution is 0.579. The van der Waals surface area contributed by atoms with Crippen LogP contribution in [0.15, 0.2) is 41.2 Å². The number of nitrogen functional groups attached to an aromatic ring is 1. The Morgan fingerprint density at radius 3 is 2.43 bits per heavy atom. The maximum Gasteiger partial charge on any atom is 0.268 e. The summed E-state index contributed by atoms with van der Waals surface area (Å²) in [7, 11) is 0. The van der Waals surface area contributed by atoms with Gasteiger partial charge in [-0.2, -0.15) is 0 Å². The van der Waals surface area contributed by atoms with Gasteiger partial charge < -0.3 is 11.5 Å². The third-order valence-electron chi connectivity index (χ3n) is 3.47. The lowest BCUT2D eigenvalue weighted by Gasteiger charge is -2.16. The number of hydrogen-bond donors (Lipinski definition) is 2. The van der Waals surface area contributed by atoms with Crippen molar-refractivity contribution in [3.8, 4) is 5.69 Å². The molecule has 0 aliphatic carbocycles. The Hall–Kier alpha value is -2.80. The number of benzene rings is 2. The molecule has 0 saturated carbocycles. The Bertz CT molecular complexity index is 946. The van der Waals surface area contributed by atoms with Crippen molar-refractivity contribution in [2.75, 3.05) is 5.73 Å². The molecule has 0 aliphatic heterocycles. The number of fused-ring (bicyclic) bond motifs is 1. The molecule has 0 saturated heterocycles. The average molecular weight is 316 g/mol. The van der Waals surface area contributed by atoms with Crippen molar-refractivity contribution in [1.29, 1.82) is 0 Å². The largest absolute Gasteiger partial charge is 0.398 e. The van der Waals surface area contributed by atoms with E-state index in [2.05, 4.69) is 4.98 Å². The molecule has 118 valence electrons. The molecule has 2 aromatic carbocycles. The van der Waals surface area contributed by atoms with Gasteiger partial charge in [-0.25, -0.2) is 13.8 Å². The van der Waals surface area contributed by atoms with Crippen molar-refractivity contribution in [2.24, 2.45) is 5.73 Å². The van der Waals surface area contributed by atoms with Crippen LogP contribution in [0.1, 0.15) is 18.8 Å². The van der Waals surface area contributed by atoms with Crippen molar-refractivity contribution in [1.82, 2.24) is 9.55 Å². The zero-order valence-electron chi connectivity index (χ0n) is 12.3. The van der Waals surface area contributed by atoms with Crippen LogP contribution in [0.25, 0.3) is 16.6 Å². The van der Waals surface area contributed by atoms with Crippen molar-refractivity contribution >= 4 is 16.6 Å². The standard InChI is InChI=1S/C16H14F2N4O/c1-8(19)15-21-13-4-2-3-12(20)14(13)16(23)22(15)11-6-9(17)5-10(18)7-11/h2-8H,19-20H2,1H3. The lowest BCUT2D eigenvalue weighted by Crippen LogP contribution is -2.28. The van der Waals surface area contributed by atoms with E-state index in [0.29, 0.717) is 5.52 Å². The van der Waals surface area contributed by atoms with Gasteiger partial charge >= 0.3 is 0 Å². The van der Waals surface area contributed by atoms with Crippen LogP contribution in [-0.4, -0.2) is 9.55 Å². The molecule has 7 heteroatoms. The fourth-order valence-electron chi connectivity index (χ4n) is 2.50. The summed E-state index contributed by atoms with van der Waals surface area (Å²) >= 11 is 0. The molecule has 3 aromatic rings. The summed E-state index contributed by atoms with van der Waals surface area (Å²) in [6.07, 6.45) is 0. The fraction of sp³-hybridized carbons (Fsp3) is 0.125. The minimum atomic E-state index is -0.802. The first-order valence-corrected chi connectivity index (χ1v) is 6.91. The molecule has 0 amide bonds. The molecule has 1 unspecified atom stereocenters. The smallest absolute Gasteiger partial charge is 0.268 e. The molecule has 23 heavy (non-hydrogen) atoms. The molecule has 5 nitrogen and oxygen atoms in total. The summed E-state index contributed by atoms with van der Waals surface area (Å²) in [6.45, 7) is 1.63. The van der Waals surface area contributed by atoms with E-state index in [0.717, 1.165) is 22.8 Å². The van der Waals surface area contributed by atoms with Gasteiger partial charge in [-0.15, -0.1) is 0 Å². The summed E-state index contributed by atoms with van der Waals surface area (Å²) in [5, 5.41) is 0.182. The van der Waals surface area contributed by atoms with Gasteiger partial charge in [0, 0.05) is 11.8 Å². The van der Waals surface area contributed by atoms with E-state index in [-0.39, 0.29) is 22.6 Å². The van der Waals surface area contributed by atoms with Crippen LogP contribution in [0.3, 0.4) is 0 Å². The third kappa shape index (κ3) is 2.55. The van der Waals surface area contributed by atoms with Crippen LogP contribution >= 0.6 is 0 Å². The summed E-state index contributed by atoms with van der Waals surface area (Å²) in [4.78, 5) is 17.2. The zero-order valence-corrected chi connectivity index (χ0v) is 12.3. The SMILES string of the molecule is CC(N)c1nc2cccc(N)c2c(=O)n1-c1cc(F)cc(F)c1. The maximum atomic E-state index is 13.5. The Balaban J connectivity index is 2.47. The molecular weight excluding hydrogens is 302 g/mol. The van der Waals surface area contributed by atoms with Crippen LogP contribution in [0, 0.1) is 11.6 Å². The van der Waals surface area contributed by atoms with Crippen LogP contribution in [0.2, 0.25) is 0 Å². The van der Waals surface area contributed by atoms with Gasteiger partial charge in [0.1, 0.15) is 17.5 Å². The second kappa shape index (κ2) is 5.44. The van der Waals surface area contributed by atoms with Crippen molar-refractivity contribution < 1.29 is 8.78 Å². The van der Waals surface area contributed by atoms with Gasteiger partial charge in [0.2, 0.25) is 0 Å².